The van der Waals surface area contributed by atoms with Crippen LogP contribution in [0.2, 0.25) is 0 Å². The molecule has 2 rings (SSSR count). The molecule has 0 radical (unpaired) electrons. The lowest BCUT2D eigenvalue weighted by Crippen LogP contribution is -2.60. The molecule has 2 N–H and O–H groups in total. The summed E-state index contributed by atoms with van der Waals surface area (Å²) in [6, 6.07) is -0.352. The maximum Gasteiger partial charge on any atom is 0.332 e. The molecule has 2 aliphatic heterocycles. The Morgan fingerprint density at radius 1 is 1.47 bits per heavy atom. The molecule has 19 heavy (non-hydrogen) atoms. The van der Waals surface area contributed by atoms with Crippen molar-refractivity contribution in [3.63, 3.8) is 0 Å². The van der Waals surface area contributed by atoms with Gasteiger partial charge in [0.15, 0.2) is 5.54 Å². The lowest BCUT2D eigenvalue weighted by molar-refractivity contribution is -0.144. The van der Waals surface area contributed by atoms with Crippen LogP contribution in [0.1, 0.15) is 19.8 Å². The number of morpholine rings is 1. The van der Waals surface area contributed by atoms with E-state index in [2.05, 4.69) is 5.32 Å². The van der Waals surface area contributed by atoms with Crippen molar-refractivity contribution < 1.29 is 24.2 Å². The summed E-state index contributed by atoms with van der Waals surface area (Å²) in [6.07, 6.45) is 1.16. The zero-order chi connectivity index (χ0) is 13.9. The summed E-state index contributed by atoms with van der Waals surface area (Å²) < 4.78 is 10.6. The van der Waals surface area contributed by atoms with Crippen LogP contribution in [0.3, 0.4) is 0 Å². The number of carboxylic acids is 1. The first-order chi connectivity index (χ1) is 9.07. The molecule has 0 saturated carbocycles. The summed E-state index contributed by atoms with van der Waals surface area (Å²) in [4.78, 5) is 25.1. The van der Waals surface area contributed by atoms with Crippen LogP contribution >= 0.6 is 0 Å². The Hall–Kier alpha value is -1.34. The zero-order valence-corrected chi connectivity index (χ0v) is 11.1. The quantitative estimate of drug-likeness (QED) is 0.758. The molecule has 108 valence electrons. The van der Waals surface area contributed by atoms with E-state index in [-0.39, 0.29) is 18.7 Å². The Balaban J connectivity index is 1.97. The molecule has 0 aromatic carbocycles. The molecule has 0 aromatic heterocycles. The smallest absolute Gasteiger partial charge is 0.332 e. The number of nitrogens with zero attached hydrogens (tertiary/aromatic N) is 1. The summed E-state index contributed by atoms with van der Waals surface area (Å²) in [5, 5.41) is 11.9. The molecule has 2 fully saturated rings. The number of carboxylic acid groups (broad SMARTS) is 1. The van der Waals surface area contributed by atoms with Gasteiger partial charge in [-0.15, -0.1) is 0 Å². The normalized spacial score (nSPS) is 31.2. The fourth-order valence-electron chi connectivity index (χ4n) is 2.32. The standard InChI is InChI=1S/C12H20N2O5/c1-2-9-7-14(4-6-19-9)11(17)13-12(10(15)16)3-5-18-8-12/h9H,2-8H2,1H3,(H,13,17)(H,15,16). The maximum atomic E-state index is 12.2. The Morgan fingerprint density at radius 3 is 2.84 bits per heavy atom. The molecule has 2 aliphatic rings. The molecule has 7 nitrogen and oxygen atoms in total. The first-order valence-corrected chi connectivity index (χ1v) is 6.57. The predicted molar refractivity (Wildman–Crippen MR) is 65.9 cm³/mol. The van der Waals surface area contributed by atoms with Gasteiger partial charge in [-0.25, -0.2) is 9.59 Å². The third kappa shape index (κ3) is 2.98. The second-order valence-electron chi connectivity index (χ2n) is 4.97. The van der Waals surface area contributed by atoms with E-state index in [1.807, 2.05) is 6.92 Å². The highest BCUT2D eigenvalue weighted by Gasteiger charge is 2.45. The van der Waals surface area contributed by atoms with E-state index in [0.29, 0.717) is 32.7 Å². The highest BCUT2D eigenvalue weighted by atomic mass is 16.5. The lowest BCUT2D eigenvalue weighted by Gasteiger charge is -2.35. The second-order valence-corrected chi connectivity index (χ2v) is 4.97. The summed E-state index contributed by atoms with van der Waals surface area (Å²) in [6.45, 7) is 3.85. The van der Waals surface area contributed by atoms with E-state index < -0.39 is 11.5 Å². The molecule has 0 bridgehead atoms. The minimum absolute atomic E-state index is 0.0234. The minimum atomic E-state index is -1.28. The van der Waals surface area contributed by atoms with Crippen LogP contribution < -0.4 is 5.32 Å². The number of aliphatic carboxylic acids is 1. The highest BCUT2D eigenvalue weighted by molar-refractivity contribution is 5.86. The maximum absolute atomic E-state index is 12.2. The van der Waals surface area contributed by atoms with Crippen LogP contribution in [0.25, 0.3) is 0 Å². The SMILES string of the molecule is CCC1CN(C(=O)NC2(C(=O)O)CCOC2)CCO1. The summed E-state index contributed by atoms with van der Waals surface area (Å²) in [7, 11) is 0. The van der Waals surface area contributed by atoms with Gasteiger partial charge in [-0.05, 0) is 6.42 Å². The number of carbonyl (C=O) groups is 2. The van der Waals surface area contributed by atoms with Crippen LogP contribution in [-0.4, -0.2) is 66.6 Å². The van der Waals surface area contributed by atoms with Crippen LogP contribution in [0.15, 0.2) is 0 Å². The first-order valence-electron chi connectivity index (χ1n) is 6.57. The Morgan fingerprint density at radius 2 is 2.26 bits per heavy atom. The number of urea groups is 1. The van der Waals surface area contributed by atoms with Crippen molar-refractivity contribution in [2.45, 2.75) is 31.4 Å². The van der Waals surface area contributed by atoms with Gasteiger partial charge < -0.3 is 24.8 Å². The van der Waals surface area contributed by atoms with Crippen molar-refractivity contribution in [3.05, 3.63) is 0 Å². The Bertz CT molecular complexity index is 354. The third-order valence-electron chi connectivity index (χ3n) is 3.66. The van der Waals surface area contributed by atoms with Crippen molar-refractivity contribution >= 4 is 12.0 Å². The molecule has 2 atom stereocenters. The summed E-state index contributed by atoms with van der Waals surface area (Å²) in [5.74, 6) is -1.04. The van der Waals surface area contributed by atoms with Crippen LogP contribution in [0.5, 0.6) is 0 Å². The number of rotatable bonds is 3. The lowest BCUT2D eigenvalue weighted by atomic mass is 9.99. The van der Waals surface area contributed by atoms with Gasteiger partial charge in [-0.2, -0.15) is 0 Å². The number of hydrogen-bond acceptors (Lipinski definition) is 4. The van der Waals surface area contributed by atoms with Crippen molar-refractivity contribution in [3.8, 4) is 0 Å². The average Bonchev–Trinajstić information content (AvgIpc) is 2.88. The van der Waals surface area contributed by atoms with Crippen LogP contribution in [0, 0.1) is 0 Å². The topological polar surface area (TPSA) is 88.1 Å². The third-order valence-corrected chi connectivity index (χ3v) is 3.66. The van der Waals surface area contributed by atoms with Gasteiger partial charge >= 0.3 is 12.0 Å². The highest BCUT2D eigenvalue weighted by Crippen LogP contribution is 2.20. The molecule has 0 spiro atoms. The molecular formula is C12H20N2O5. The Kier molecular flexibility index (Phi) is 4.26. The monoisotopic (exact) mass is 272 g/mol. The first kappa shape index (κ1) is 14.1. The van der Waals surface area contributed by atoms with E-state index >= 15 is 0 Å². The van der Waals surface area contributed by atoms with E-state index in [1.54, 1.807) is 4.90 Å². The minimum Gasteiger partial charge on any atom is -0.479 e. The number of ether oxygens (including phenoxy) is 2. The number of nitrogens with one attached hydrogen (secondary N) is 1. The van der Waals surface area contributed by atoms with E-state index in [0.717, 1.165) is 6.42 Å². The van der Waals surface area contributed by atoms with Crippen LogP contribution in [-0.2, 0) is 14.3 Å². The van der Waals surface area contributed by atoms with Gasteiger partial charge in [0, 0.05) is 26.1 Å². The fourth-order valence-corrected chi connectivity index (χ4v) is 2.32. The molecule has 2 unspecified atom stereocenters. The summed E-state index contributed by atoms with van der Waals surface area (Å²) in [5.41, 5.74) is -1.28. The predicted octanol–water partition coefficient (Wildman–Crippen LogP) is 0.0505. The van der Waals surface area contributed by atoms with E-state index in [9.17, 15) is 14.7 Å². The second kappa shape index (κ2) is 5.75. The van der Waals surface area contributed by atoms with Crippen molar-refractivity contribution in [2.75, 3.05) is 32.9 Å². The summed E-state index contributed by atoms with van der Waals surface area (Å²) >= 11 is 0. The molecule has 2 saturated heterocycles. The molecule has 0 aliphatic carbocycles. The van der Waals surface area contributed by atoms with Crippen molar-refractivity contribution in [2.24, 2.45) is 0 Å². The van der Waals surface area contributed by atoms with E-state index in [4.69, 9.17) is 9.47 Å². The molecule has 7 heteroatoms. The van der Waals surface area contributed by atoms with E-state index in [1.165, 1.54) is 0 Å². The zero-order valence-electron chi connectivity index (χ0n) is 11.1. The van der Waals surface area contributed by atoms with Gasteiger partial charge in [0.2, 0.25) is 0 Å². The molecule has 0 aromatic rings. The largest absolute Gasteiger partial charge is 0.479 e. The average molecular weight is 272 g/mol. The molecular weight excluding hydrogens is 252 g/mol. The molecule has 2 amide bonds. The number of hydrogen-bond donors (Lipinski definition) is 2. The van der Waals surface area contributed by atoms with Crippen molar-refractivity contribution in [1.29, 1.82) is 0 Å². The number of amides is 2. The van der Waals surface area contributed by atoms with Gasteiger partial charge in [-0.3, -0.25) is 0 Å². The van der Waals surface area contributed by atoms with Gasteiger partial charge in [0.1, 0.15) is 0 Å². The van der Waals surface area contributed by atoms with Gasteiger partial charge in [0.25, 0.3) is 0 Å². The Labute approximate surface area is 111 Å². The fraction of sp³-hybridized carbons (Fsp3) is 0.833. The van der Waals surface area contributed by atoms with Gasteiger partial charge in [-0.1, -0.05) is 6.92 Å². The molecule has 2 heterocycles. The number of carbonyl (C=O) groups excluding carboxylic acids is 1. The van der Waals surface area contributed by atoms with Crippen molar-refractivity contribution in [1.82, 2.24) is 10.2 Å². The van der Waals surface area contributed by atoms with Gasteiger partial charge in [0.05, 0.1) is 19.3 Å². The van der Waals surface area contributed by atoms with Crippen LogP contribution in [0.4, 0.5) is 4.79 Å².